The molecule has 1 aliphatic rings. The third-order valence-electron chi connectivity index (χ3n) is 2.95. The predicted octanol–water partition coefficient (Wildman–Crippen LogP) is 1.53. The van der Waals surface area contributed by atoms with Gasteiger partial charge in [0.25, 0.3) is 0 Å². The molecule has 1 fully saturated rings. The number of halogens is 2. The molecule has 80 valence electrons. The van der Waals surface area contributed by atoms with Gasteiger partial charge in [-0.25, -0.2) is 0 Å². The van der Waals surface area contributed by atoms with Gasteiger partial charge in [-0.15, -0.1) is 0 Å². The standard InChI is InChI=1S/C12H11BrIN.Na.H/c13-10-4-3-9-5-12(14)15(11(9)6-10)7-8-1-2-8;;/h3-6,8H,1-2,7H2;;/q;+1;-1. The summed E-state index contributed by atoms with van der Waals surface area (Å²) < 4.78 is 4.97. The Kier molecular flexibility index (Phi) is 4.45. The van der Waals surface area contributed by atoms with Gasteiger partial charge in [0, 0.05) is 21.9 Å². The Morgan fingerprint density at radius 3 is 2.81 bits per heavy atom. The van der Waals surface area contributed by atoms with Crippen LogP contribution in [0.4, 0.5) is 0 Å². The van der Waals surface area contributed by atoms with Gasteiger partial charge in [0.05, 0.1) is 3.70 Å². The fraction of sp³-hybridized carbons (Fsp3) is 0.333. The molecule has 1 aromatic carbocycles. The van der Waals surface area contributed by atoms with Crippen molar-refractivity contribution in [3.05, 3.63) is 32.4 Å². The van der Waals surface area contributed by atoms with E-state index < -0.39 is 0 Å². The third-order valence-corrected chi connectivity index (χ3v) is 4.34. The Hall–Kier alpha value is 0.970. The molecule has 0 saturated heterocycles. The minimum Gasteiger partial charge on any atom is -1.00 e. The molecule has 1 heterocycles. The Balaban J connectivity index is 0.000000722. The van der Waals surface area contributed by atoms with E-state index in [1.807, 2.05) is 0 Å². The molecule has 0 unspecified atom stereocenters. The Morgan fingerprint density at radius 2 is 2.12 bits per heavy atom. The van der Waals surface area contributed by atoms with Gasteiger partial charge in [-0.1, -0.05) is 22.0 Å². The van der Waals surface area contributed by atoms with E-state index in [0.717, 1.165) is 5.92 Å². The summed E-state index contributed by atoms with van der Waals surface area (Å²) in [6, 6.07) is 8.79. The molecule has 0 N–H and O–H groups in total. The van der Waals surface area contributed by atoms with Crippen LogP contribution in [0.25, 0.3) is 10.9 Å². The van der Waals surface area contributed by atoms with Gasteiger partial charge in [0.2, 0.25) is 0 Å². The van der Waals surface area contributed by atoms with Crippen molar-refractivity contribution in [3.8, 4) is 0 Å². The van der Waals surface area contributed by atoms with Crippen LogP contribution in [0, 0.1) is 9.62 Å². The number of benzene rings is 1. The van der Waals surface area contributed by atoms with Gasteiger partial charge < -0.3 is 5.99 Å². The smallest absolute Gasteiger partial charge is 1.00 e. The van der Waals surface area contributed by atoms with Crippen molar-refractivity contribution < 1.29 is 31.0 Å². The summed E-state index contributed by atoms with van der Waals surface area (Å²) in [5.41, 5.74) is 1.36. The molecule has 0 spiro atoms. The normalized spacial score (nSPS) is 15.1. The molecule has 1 aromatic heterocycles. The number of aromatic nitrogens is 1. The summed E-state index contributed by atoms with van der Waals surface area (Å²) in [6.45, 7) is 1.19. The second-order valence-corrected chi connectivity index (χ2v) is 6.25. The van der Waals surface area contributed by atoms with Crippen molar-refractivity contribution in [1.82, 2.24) is 4.57 Å². The molecular formula is C12H12BrINNa. The van der Waals surface area contributed by atoms with Gasteiger partial charge in [-0.05, 0) is 59.5 Å². The van der Waals surface area contributed by atoms with Crippen LogP contribution in [-0.4, -0.2) is 4.57 Å². The maximum absolute atomic E-state index is 3.54. The van der Waals surface area contributed by atoms with E-state index in [4.69, 9.17) is 0 Å². The van der Waals surface area contributed by atoms with Crippen molar-refractivity contribution >= 4 is 49.4 Å². The minimum atomic E-state index is 0. The van der Waals surface area contributed by atoms with E-state index in [1.54, 1.807) is 0 Å². The Morgan fingerprint density at radius 1 is 1.38 bits per heavy atom. The van der Waals surface area contributed by atoms with E-state index in [2.05, 4.69) is 67.4 Å². The van der Waals surface area contributed by atoms with E-state index in [-0.39, 0.29) is 31.0 Å². The summed E-state index contributed by atoms with van der Waals surface area (Å²) in [4.78, 5) is 0. The van der Waals surface area contributed by atoms with Crippen LogP contribution in [0.15, 0.2) is 28.7 Å². The Labute approximate surface area is 141 Å². The molecule has 0 amide bonds. The van der Waals surface area contributed by atoms with Crippen LogP contribution in [-0.2, 0) is 6.54 Å². The van der Waals surface area contributed by atoms with Gasteiger partial charge in [0.15, 0.2) is 0 Å². The summed E-state index contributed by atoms with van der Waals surface area (Å²) in [6.07, 6.45) is 2.81. The number of nitrogens with zero attached hydrogens (tertiary/aromatic N) is 1. The van der Waals surface area contributed by atoms with Crippen LogP contribution in [0.1, 0.15) is 14.3 Å². The first-order valence-corrected chi connectivity index (χ1v) is 7.05. The zero-order valence-corrected chi connectivity index (χ0v) is 15.0. The fourth-order valence-corrected chi connectivity index (χ4v) is 3.08. The molecule has 3 rings (SSSR count). The molecular weight excluding hydrogens is 388 g/mol. The molecule has 2 aromatic rings. The summed E-state index contributed by atoms with van der Waals surface area (Å²) >= 11 is 5.98. The zero-order valence-electron chi connectivity index (χ0n) is 10.2. The third kappa shape index (κ3) is 2.69. The number of rotatable bonds is 2. The number of hydrogen-bond donors (Lipinski definition) is 0. The summed E-state index contributed by atoms with van der Waals surface area (Å²) in [5, 5.41) is 1.35. The second kappa shape index (κ2) is 5.31. The Bertz CT molecular complexity index is 524. The largest absolute Gasteiger partial charge is 1.00 e. The van der Waals surface area contributed by atoms with Crippen molar-refractivity contribution in [2.45, 2.75) is 19.4 Å². The molecule has 4 heteroatoms. The van der Waals surface area contributed by atoms with Crippen LogP contribution < -0.4 is 29.6 Å². The van der Waals surface area contributed by atoms with Crippen LogP contribution in [0.2, 0.25) is 0 Å². The fourth-order valence-electron chi connectivity index (χ4n) is 1.94. The topological polar surface area (TPSA) is 4.93 Å². The average Bonchev–Trinajstić information content (AvgIpc) is 2.96. The van der Waals surface area contributed by atoms with Crippen LogP contribution >= 0.6 is 38.5 Å². The van der Waals surface area contributed by atoms with Gasteiger partial charge >= 0.3 is 29.6 Å². The van der Waals surface area contributed by atoms with Gasteiger partial charge in [-0.2, -0.15) is 0 Å². The van der Waals surface area contributed by atoms with Crippen molar-refractivity contribution in [3.63, 3.8) is 0 Å². The first-order valence-electron chi connectivity index (χ1n) is 5.18. The number of hydrogen-bond acceptors (Lipinski definition) is 0. The molecule has 16 heavy (non-hydrogen) atoms. The quantitative estimate of drug-likeness (QED) is 0.533. The second-order valence-electron chi connectivity index (χ2n) is 4.22. The molecule has 1 aliphatic carbocycles. The predicted molar refractivity (Wildman–Crippen MR) is 76.2 cm³/mol. The molecule has 0 aliphatic heterocycles. The van der Waals surface area contributed by atoms with Gasteiger partial charge in [-0.3, -0.25) is 0 Å². The molecule has 0 radical (unpaired) electrons. The number of fused-ring (bicyclic) bond motifs is 1. The van der Waals surface area contributed by atoms with Crippen molar-refractivity contribution in [1.29, 1.82) is 0 Å². The summed E-state index contributed by atoms with van der Waals surface area (Å²) in [7, 11) is 0. The van der Waals surface area contributed by atoms with Crippen molar-refractivity contribution in [2.75, 3.05) is 0 Å². The average molecular weight is 400 g/mol. The summed E-state index contributed by atoms with van der Waals surface area (Å²) in [5.74, 6) is 0.924. The molecule has 1 saturated carbocycles. The van der Waals surface area contributed by atoms with Gasteiger partial charge in [0.1, 0.15) is 0 Å². The van der Waals surface area contributed by atoms with Crippen LogP contribution in [0.5, 0.6) is 0 Å². The maximum atomic E-state index is 3.54. The monoisotopic (exact) mass is 399 g/mol. The van der Waals surface area contributed by atoms with E-state index >= 15 is 0 Å². The maximum Gasteiger partial charge on any atom is 1.00 e. The van der Waals surface area contributed by atoms with E-state index in [1.165, 1.54) is 38.5 Å². The SMILES string of the molecule is Brc1ccc2cc(I)n(CC3CC3)c2c1.[H-].[Na+]. The molecule has 1 nitrogen and oxygen atoms in total. The first kappa shape index (κ1) is 13.4. The minimum absolute atomic E-state index is 0. The van der Waals surface area contributed by atoms with Crippen LogP contribution in [0.3, 0.4) is 0 Å². The van der Waals surface area contributed by atoms with E-state index in [9.17, 15) is 0 Å². The van der Waals surface area contributed by atoms with E-state index in [0.29, 0.717) is 0 Å². The first-order chi connectivity index (χ1) is 7.24. The zero-order chi connectivity index (χ0) is 10.4. The molecule has 0 atom stereocenters. The van der Waals surface area contributed by atoms with Crippen molar-refractivity contribution in [2.24, 2.45) is 5.92 Å². The molecule has 0 bridgehead atoms.